The molecular formula is C60H37N3S. The summed E-state index contributed by atoms with van der Waals surface area (Å²) in [7, 11) is 0. The fourth-order valence-corrected chi connectivity index (χ4v) is 11.0. The molecule has 0 radical (unpaired) electrons. The SMILES string of the molecule is c1ccc(-c2ccc3c4ccccc4n(-c4cc(-c5nc(-c6ccccc6)cc(-c6cccc7c6sc6ccccc67)n5)cc(-c5cc6ccccc6c6ccccc56)c4)c3c2)cc1. The van der Waals surface area contributed by atoms with Crippen molar-refractivity contribution in [3.63, 3.8) is 0 Å². The van der Waals surface area contributed by atoms with Gasteiger partial charge in [-0.25, -0.2) is 9.97 Å². The molecule has 0 N–H and O–H groups in total. The van der Waals surface area contributed by atoms with Crippen LogP contribution in [0.3, 0.4) is 0 Å². The number of fused-ring (bicyclic) bond motifs is 9. The molecule has 4 heteroatoms. The average Bonchev–Trinajstić information content (AvgIpc) is 3.92. The van der Waals surface area contributed by atoms with Crippen LogP contribution in [0.2, 0.25) is 0 Å². The lowest BCUT2D eigenvalue weighted by Crippen LogP contribution is -2.00. The van der Waals surface area contributed by atoms with Crippen LogP contribution in [0.25, 0.3) is 125 Å². The maximum absolute atomic E-state index is 5.55. The summed E-state index contributed by atoms with van der Waals surface area (Å²) in [6.07, 6.45) is 0. The van der Waals surface area contributed by atoms with Crippen molar-refractivity contribution < 1.29 is 0 Å². The number of hydrogen-bond acceptors (Lipinski definition) is 3. The van der Waals surface area contributed by atoms with Gasteiger partial charge in [0, 0.05) is 53.3 Å². The molecule has 0 saturated carbocycles. The van der Waals surface area contributed by atoms with Gasteiger partial charge >= 0.3 is 0 Å². The van der Waals surface area contributed by atoms with Gasteiger partial charge in [0.05, 0.1) is 22.4 Å². The van der Waals surface area contributed by atoms with E-state index in [1.807, 2.05) is 11.3 Å². The predicted octanol–water partition coefficient (Wildman–Crippen LogP) is 16.6. The molecule has 298 valence electrons. The fraction of sp³-hybridized carbons (Fsp3) is 0. The van der Waals surface area contributed by atoms with Crippen LogP contribution in [0.4, 0.5) is 0 Å². The Hall–Kier alpha value is -8.18. The smallest absolute Gasteiger partial charge is 0.160 e. The summed E-state index contributed by atoms with van der Waals surface area (Å²) in [6, 6.07) is 81.1. The normalized spacial score (nSPS) is 11.8. The van der Waals surface area contributed by atoms with Gasteiger partial charge in [0.1, 0.15) is 0 Å². The number of thiophene rings is 1. The summed E-state index contributed by atoms with van der Waals surface area (Å²) >= 11 is 1.83. The first kappa shape index (κ1) is 36.5. The second-order valence-corrected chi connectivity index (χ2v) is 17.6. The highest BCUT2D eigenvalue weighted by Crippen LogP contribution is 2.43. The van der Waals surface area contributed by atoms with Crippen molar-refractivity contribution in [2.24, 2.45) is 0 Å². The quantitative estimate of drug-likeness (QED) is 0.156. The van der Waals surface area contributed by atoms with E-state index in [0.29, 0.717) is 5.82 Å². The van der Waals surface area contributed by atoms with Crippen LogP contribution in [0.1, 0.15) is 0 Å². The van der Waals surface area contributed by atoms with Crippen LogP contribution in [0, 0.1) is 0 Å². The Morgan fingerprint density at radius 1 is 0.328 bits per heavy atom. The number of aromatic nitrogens is 3. The van der Waals surface area contributed by atoms with Gasteiger partial charge in [-0.15, -0.1) is 11.3 Å². The predicted molar refractivity (Wildman–Crippen MR) is 271 cm³/mol. The molecular weight excluding hydrogens is 795 g/mol. The van der Waals surface area contributed by atoms with Crippen LogP contribution in [0.15, 0.2) is 224 Å². The van der Waals surface area contributed by atoms with Crippen LogP contribution in [-0.4, -0.2) is 14.5 Å². The van der Waals surface area contributed by atoms with Crippen LogP contribution < -0.4 is 0 Å². The van der Waals surface area contributed by atoms with Crippen LogP contribution >= 0.6 is 11.3 Å². The Bertz CT molecular complexity index is 3960. The molecule has 0 aliphatic carbocycles. The molecule has 0 fully saturated rings. The molecule has 0 aliphatic heterocycles. The molecule has 3 aromatic heterocycles. The summed E-state index contributed by atoms with van der Waals surface area (Å²) in [6.45, 7) is 0. The summed E-state index contributed by atoms with van der Waals surface area (Å²) in [5, 5.41) is 9.81. The highest BCUT2D eigenvalue weighted by molar-refractivity contribution is 7.26. The van der Waals surface area contributed by atoms with E-state index in [2.05, 4.69) is 229 Å². The zero-order valence-corrected chi connectivity index (χ0v) is 35.4. The van der Waals surface area contributed by atoms with Gasteiger partial charge in [-0.1, -0.05) is 176 Å². The highest BCUT2D eigenvalue weighted by atomic mass is 32.1. The van der Waals surface area contributed by atoms with E-state index in [1.165, 1.54) is 63.6 Å². The number of para-hydroxylation sites is 1. The minimum Gasteiger partial charge on any atom is -0.309 e. The van der Waals surface area contributed by atoms with E-state index < -0.39 is 0 Å². The molecule has 10 aromatic carbocycles. The summed E-state index contributed by atoms with van der Waals surface area (Å²) < 4.78 is 4.93. The number of rotatable bonds is 6. The van der Waals surface area contributed by atoms with Gasteiger partial charge in [0.15, 0.2) is 5.82 Å². The minimum atomic E-state index is 0.674. The molecule has 3 nitrogen and oxygen atoms in total. The Morgan fingerprint density at radius 2 is 0.969 bits per heavy atom. The molecule has 0 bridgehead atoms. The van der Waals surface area contributed by atoms with Crippen molar-refractivity contribution in [2.75, 3.05) is 0 Å². The lowest BCUT2D eigenvalue weighted by Gasteiger charge is -2.17. The van der Waals surface area contributed by atoms with Crippen molar-refractivity contribution in [1.29, 1.82) is 0 Å². The molecule has 0 saturated heterocycles. The standard InChI is InChI=1S/C60H37N3S/c1-3-16-38(17-4-1)40-30-31-49-48-24-11-13-28-56(48)63(57(49)36-40)44-33-42(53-35-41-20-7-8-21-45(41)46-22-9-10-23-47(46)53)32-43(34-44)60-61-54(39-18-5-2-6-19-39)37-55(62-60)52-27-15-26-51-50-25-12-14-29-58(50)64-59(51)52/h1-37H. The largest absolute Gasteiger partial charge is 0.309 e. The Morgan fingerprint density at radius 3 is 1.81 bits per heavy atom. The van der Waals surface area contributed by atoms with E-state index in [9.17, 15) is 0 Å². The van der Waals surface area contributed by atoms with E-state index >= 15 is 0 Å². The van der Waals surface area contributed by atoms with E-state index in [1.54, 1.807) is 0 Å². The van der Waals surface area contributed by atoms with Crippen LogP contribution in [0.5, 0.6) is 0 Å². The van der Waals surface area contributed by atoms with Gasteiger partial charge in [0.2, 0.25) is 0 Å². The molecule has 0 atom stereocenters. The van der Waals surface area contributed by atoms with Crippen molar-refractivity contribution in [3.05, 3.63) is 224 Å². The third kappa shape index (κ3) is 5.95. The second kappa shape index (κ2) is 14.7. The molecule has 3 heterocycles. The molecule has 0 spiro atoms. The van der Waals surface area contributed by atoms with Crippen molar-refractivity contribution >= 4 is 74.9 Å². The lowest BCUT2D eigenvalue weighted by molar-refractivity contribution is 1.16. The zero-order chi connectivity index (χ0) is 42.1. The Labute approximate surface area is 373 Å². The molecule has 13 rings (SSSR count). The molecule has 0 amide bonds. The van der Waals surface area contributed by atoms with E-state index in [-0.39, 0.29) is 0 Å². The van der Waals surface area contributed by atoms with Gasteiger partial charge in [-0.05, 0) is 92.3 Å². The van der Waals surface area contributed by atoms with Crippen molar-refractivity contribution in [2.45, 2.75) is 0 Å². The maximum atomic E-state index is 5.55. The van der Waals surface area contributed by atoms with Gasteiger partial charge in [0.25, 0.3) is 0 Å². The number of nitrogens with zero attached hydrogens (tertiary/aromatic N) is 3. The minimum absolute atomic E-state index is 0.674. The molecule has 0 aliphatic rings. The van der Waals surface area contributed by atoms with Crippen molar-refractivity contribution in [3.8, 4) is 61.8 Å². The summed E-state index contributed by atoms with van der Waals surface area (Å²) in [5.41, 5.74) is 12.8. The maximum Gasteiger partial charge on any atom is 0.160 e. The first-order valence-electron chi connectivity index (χ1n) is 21.7. The van der Waals surface area contributed by atoms with Gasteiger partial charge in [-0.2, -0.15) is 0 Å². The van der Waals surface area contributed by atoms with Gasteiger partial charge < -0.3 is 4.57 Å². The monoisotopic (exact) mass is 831 g/mol. The molecule has 13 aromatic rings. The van der Waals surface area contributed by atoms with Crippen molar-refractivity contribution in [1.82, 2.24) is 14.5 Å². The van der Waals surface area contributed by atoms with E-state index in [4.69, 9.17) is 9.97 Å². The van der Waals surface area contributed by atoms with E-state index in [0.717, 1.165) is 55.9 Å². The van der Waals surface area contributed by atoms with Gasteiger partial charge in [-0.3, -0.25) is 0 Å². The average molecular weight is 832 g/mol. The van der Waals surface area contributed by atoms with Crippen LogP contribution in [-0.2, 0) is 0 Å². The zero-order valence-electron chi connectivity index (χ0n) is 34.6. The second-order valence-electron chi connectivity index (χ2n) is 16.5. The number of benzene rings is 10. The third-order valence-corrected chi connectivity index (χ3v) is 14.0. The first-order chi connectivity index (χ1) is 31.7. The summed E-state index contributed by atoms with van der Waals surface area (Å²) in [4.78, 5) is 11.0. The molecule has 64 heavy (non-hydrogen) atoms. The molecule has 0 unspecified atom stereocenters. The third-order valence-electron chi connectivity index (χ3n) is 12.8. The lowest BCUT2D eigenvalue weighted by atomic mass is 9.92. The summed E-state index contributed by atoms with van der Waals surface area (Å²) in [5.74, 6) is 0.674. The number of hydrogen-bond donors (Lipinski definition) is 0. The fourth-order valence-electron chi connectivity index (χ4n) is 9.80. The first-order valence-corrected chi connectivity index (χ1v) is 22.5. The Kier molecular flexibility index (Phi) is 8.40. The highest BCUT2D eigenvalue weighted by Gasteiger charge is 2.20. The topological polar surface area (TPSA) is 30.7 Å². The Balaban J connectivity index is 1.12.